The van der Waals surface area contributed by atoms with Crippen LogP contribution in [-0.2, 0) is 7.05 Å². The van der Waals surface area contributed by atoms with Gasteiger partial charge < -0.3 is 9.88 Å². The van der Waals surface area contributed by atoms with Crippen molar-refractivity contribution in [2.45, 2.75) is 32.2 Å². The Labute approximate surface area is 90.1 Å². The lowest BCUT2D eigenvalue weighted by Crippen LogP contribution is -2.22. The van der Waals surface area contributed by atoms with E-state index in [1.807, 2.05) is 11.6 Å². The molecule has 0 bridgehead atoms. The molecular formula is C10H17N5. The van der Waals surface area contributed by atoms with Crippen LogP contribution in [0.1, 0.15) is 38.1 Å². The van der Waals surface area contributed by atoms with E-state index >= 15 is 0 Å². The summed E-state index contributed by atoms with van der Waals surface area (Å²) in [5.41, 5.74) is 0. The third-order valence-corrected chi connectivity index (χ3v) is 2.30. The van der Waals surface area contributed by atoms with Crippen LogP contribution in [0.3, 0.4) is 0 Å². The van der Waals surface area contributed by atoms with Gasteiger partial charge in [0.2, 0.25) is 0 Å². The van der Waals surface area contributed by atoms with E-state index in [2.05, 4.69) is 28.5 Å². The number of hydrogen-bond acceptors (Lipinski definition) is 4. The van der Waals surface area contributed by atoms with Crippen molar-refractivity contribution in [1.29, 1.82) is 5.26 Å². The Hall–Kier alpha value is -1.41. The fourth-order valence-electron chi connectivity index (χ4n) is 1.42. The van der Waals surface area contributed by atoms with Crippen molar-refractivity contribution in [2.24, 2.45) is 7.05 Å². The van der Waals surface area contributed by atoms with Gasteiger partial charge in [0, 0.05) is 13.5 Å². The van der Waals surface area contributed by atoms with Crippen LogP contribution < -0.4 is 5.32 Å². The first-order chi connectivity index (χ1) is 7.25. The summed E-state index contributed by atoms with van der Waals surface area (Å²) in [5.74, 6) is 0.940. The van der Waals surface area contributed by atoms with E-state index in [1.54, 1.807) is 6.33 Å². The molecular weight excluding hydrogens is 190 g/mol. The molecule has 0 fully saturated rings. The lowest BCUT2D eigenvalue weighted by Gasteiger charge is -2.12. The van der Waals surface area contributed by atoms with Gasteiger partial charge in [0.25, 0.3) is 0 Å². The average molecular weight is 207 g/mol. The molecule has 15 heavy (non-hydrogen) atoms. The van der Waals surface area contributed by atoms with Crippen molar-refractivity contribution < 1.29 is 0 Å². The summed E-state index contributed by atoms with van der Waals surface area (Å²) >= 11 is 0. The molecule has 1 rings (SSSR count). The number of nitriles is 1. The first-order valence-electron chi connectivity index (χ1n) is 5.20. The summed E-state index contributed by atoms with van der Waals surface area (Å²) in [6.45, 7) is 2.98. The monoisotopic (exact) mass is 207 g/mol. The van der Waals surface area contributed by atoms with Crippen LogP contribution in [0.25, 0.3) is 0 Å². The van der Waals surface area contributed by atoms with Crippen molar-refractivity contribution >= 4 is 0 Å². The fourth-order valence-corrected chi connectivity index (χ4v) is 1.42. The molecule has 0 saturated carbocycles. The molecule has 1 unspecified atom stereocenters. The highest BCUT2D eigenvalue weighted by atomic mass is 15.3. The van der Waals surface area contributed by atoms with Crippen LogP contribution in [0.4, 0.5) is 0 Å². The first kappa shape index (κ1) is 11.7. The molecule has 1 heterocycles. The van der Waals surface area contributed by atoms with Gasteiger partial charge in [0.1, 0.15) is 12.2 Å². The van der Waals surface area contributed by atoms with E-state index in [1.165, 1.54) is 0 Å². The number of rotatable bonds is 6. The summed E-state index contributed by atoms with van der Waals surface area (Å²) < 4.78 is 1.91. The van der Waals surface area contributed by atoms with Crippen molar-refractivity contribution in [3.05, 3.63) is 12.2 Å². The first-order valence-corrected chi connectivity index (χ1v) is 5.20. The maximum Gasteiger partial charge on any atom is 0.149 e. The van der Waals surface area contributed by atoms with Gasteiger partial charge in [0.05, 0.1) is 12.1 Å². The predicted octanol–water partition coefficient (Wildman–Crippen LogP) is 1.16. The second-order valence-corrected chi connectivity index (χ2v) is 3.59. The van der Waals surface area contributed by atoms with E-state index < -0.39 is 0 Å². The van der Waals surface area contributed by atoms with Gasteiger partial charge >= 0.3 is 0 Å². The number of aryl methyl sites for hydroxylation is 1. The summed E-state index contributed by atoms with van der Waals surface area (Å²) in [5, 5.41) is 19.6. The van der Waals surface area contributed by atoms with Crippen LogP contribution in [0, 0.1) is 11.3 Å². The molecule has 0 aliphatic heterocycles. The number of nitrogens with zero attached hydrogens (tertiary/aromatic N) is 4. The Bertz CT molecular complexity index is 325. The molecule has 0 aliphatic carbocycles. The van der Waals surface area contributed by atoms with Gasteiger partial charge in [-0.25, -0.2) is 0 Å². The summed E-state index contributed by atoms with van der Waals surface area (Å²) in [6, 6.07) is 2.35. The predicted molar refractivity (Wildman–Crippen MR) is 56.9 cm³/mol. The molecule has 0 saturated heterocycles. The summed E-state index contributed by atoms with van der Waals surface area (Å²) in [6.07, 6.45) is 4.31. The maximum atomic E-state index is 8.37. The second kappa shape index (κ2) is 6.14. The lowest BCUT2D eigenvalue weighted by molar-refractivity contribution is 0.513. The molecule has 0 spiro atoms. The van der Waals surface area contributed by atoms with Gasteiger partial charge in [-0.3, -0.25) is 0 Å². The number of unbranched alkanes of at least 4 members (excludes halogenated alkanes) is 2. The fraction of sp³-hybridized carbons (Fsp3) is 0.700. The molecule has 5 nitrogen and oxygen atoms in total. The topological polar surface area (TPSA) is 66.5 Å². The minimum Gasteiger partial charge on any atom is -0.319 e. The standard InChI is InChI=1S/C10H17N5/c1-9(10-14-13-8-15(10)2)12-7-5-3-4-6-11/h8-9,12H,3-5,7H2,1-2H3. The molecule has 1 aromatic heterocycles. The van der Waals surface area contributed by atoms with E-state index in [0.29, 0.717) is 6.42 Å². The van der Waals surface area contributed by atoms with Gasteiger partial charge in [-0.05, 0) is 26.3 Å². The third kappa shape index (κ3) is 3.68. The van der Waals surface area contributed by atoms with Crippen LogP contribution in [0.2, 0.25) is 0 Å². The Morgan fingerprint density at radius 3 is 3.00 bits per heavy atom. The Morgan fingerprint density at radius 1 is 1.60 bits per heavy atom. The highest BCUT2D eigenvalue weighted by molar-refractivity contribution is 4.91. The number of nitrogens with one attached hydrogen (secondary N) is 1. The highest BCUT2D eigenvalue weighted by Gasteiger charge is 2.09. The Kier molecular flexibility index (Phi) is 4.78. The minimum absolute atomic E-state index is 0.208. The normalized spacial score (nSPS) is 12.3. The van der Waals surface area contributed by atoms with Gasteiger partial charge in [-0.15, -0.1) is 10.2 Å². The molecule has 0 aliphatic rings. The van der Waals surface area contributed by atoms with Gasteiger partial charge in [0.15, 0.2) is 0 Å². The zero-order valence-corrected chi connectivity index (χ0v) is 9.27. The molecule has 0 radical (unpaired) electrons. The molecule has 0 aromatic carbocycles. The molecule has 82 valence electrons. The Balaban J connectivity index is 2.23. The van der Waals surface area contributed by atoms with E-state index in [4.69, 9.17) is 5.26 Å². The quantitative estimate of drug-likeness (QED) is 0.711. The van der Waals surface area contributed by atoms with E-state index in [9.17, 15) is 0 Å². The summed E-state index contributed by atoms with van der Waals surface area (Å²) in [7, 11) is 1.93. The van der Waals surface area contributed by atoms with Gasteiger partial charge in [-0.1, -0.05) is 0 Å². The zero-order chi connectivity index (χ0) is 11.1. The Morgan fingerprint density at radius 2 is 2.40 bits per heavy atom. The maximum absolute atomic E-state index is 8.37. The van der Waals surface area contributed by atoms with E-state index in [-0.39, 0.29) is 6.04 Å². The molecule has 5 heteroatoms. The summed E-state index contributed by atoms with van der Waals surface area (Å²) in [4.78, 5) is 0. The largest absolute Gasteiger partial charge is 0.319 e. The zero-order valence-electron chi connectivity index (χ0n) is 9.27. The third-order valence-electron chi connectivity index (χ3n) is 2.30. The smallest absolute Gasteiger partial charge is 0.149 e. The van der Waals surface area contributed by atoms with Crippen LogP contribution in [0.5, 0.6) is 0 Å². The van der Waals surface area contributed by atoms with Crippen LogP contribution in [0.15, 0.2) is 6.33 Å². The molecule has 1 N–H and O–H groups in total. The minimum atomic E-state index is 0.208. The second-order valence-electron chi connectivity index (χ2n) is 3.59. The van der Waals surface area contributed by atoms with Crippen LogP contribution in [-0.4, -0.2) is 21.3 Å². The molecule has 1 aromatic rings. The molecule has 1 atom stereocenters. The van der Waals surface area contributed by atoms with Crippen LogP contribution >= 0.6 is 0 Å². The van der Waals surface area contributed by atoms with E-state index in [0.717, 1.165) is 25.2 Å². The SMILES string of the molecule is CC(NCCCCC#N)c1nncn1C. The van der Waals surface area contributed by atoms with Crippen molar-refractivity contribution in [3.8, 4) is 6.07 Å². The number of hydrogen-bond donors (Lipinski definition) is 1. The average Bonchev–Trinajstić information content (AvgIpc) is 2.64. The molecule has 0 amide bonds. The van der Waals surface area contributed by atoms with Crippen molar-refractivity contribution in [3.63, 3.8) is 0 Å². The van der Waals surface area contributed by atoms with Crippen molar-refractivity contribution in [2.75, 3.05) is 6.54 Å². The number of aromatic nitrogens is 3. The van der Waals surface area contributed by atoms with Gasteiger partial charge in [-0.2, -0.15) is 5.26 Å². The highest BCUT2D eigenvalue weighted by Crippen LogP contribution is 2.06. The lowest BCUT2D eigenvalue weighted by atomic mass is 10.2. The van der Waals surface area contributed by atoms with Crippen molar-refractivity contribution in [1.82, 2.24) is 20.1 Å².